The molecule has 0 bridgehead atoms. The van der Waals surface area contributed by atoms with Crippen LogP contribution in [0.2, 0.25) is 5.02 Å². The Morgan fingerprint density at radius 3 is 2.94 bits per heavy atom. The first-order chi connectivity index (χ1) is 16.9. The molecule has 0 aliphatic carbocycles. The summed E-state index contributed by atoms with van der Waals surface area (Å²) in [5, 5.41) is 8.54. The lowest BCUT2D eigenvalue weighted by Crippen LogP contribution is -2.49. The number of aromatic amines is 2. The molecule has 4 aromatic rings. The summed E-state index contributed by atoms with van der Waals surface area (Å²) >= 11 is 6.30. The molecule has 0 radical (unpaired) electrons. The van der Waals surface area contributed by atoms with E-state index < -0.39 is 0 Å². The van der Waals surface area contributed by atoms with Crippen LogP contribution in [0.1, 0.15) is 29.0 Å². The van der Waals surface area contributed by atoms with Crippen molar-refractivity contribution < 1.29 is 14.3 Å². The third-order valence-electron chi connectivity index (χ3n) is 6.42. The lowest BCUT2D eigenvalue weighted by Gasteiger charge is -2.38. The Kier molecular flexibility index (Phi) is 6.12. The maximum Gasteiger partial charge on any atom is 0.274 e. The van der Waals surface area contributed by atoms with Gasteiger partial charge < -0.3 is 20.4 Å². The number of halogens is 1. The van der Waals surface area contributed by atoms with Gasteiger partial charge in [-0.15, -0.1) is 0 Å². The van der Waals surface area contributed by atoms with E-state index in [-0.39, 0.29) is 29.5 Å². The summed E-state index contributed by atoms with van der Waals surface area (Å²) in [5.74, 6) is -0.486. The number of nitrogens with one attached hydrogen (secondary N) is 2. The number of rotatable bonds is 6. The van der Waals surface area contributed by atoms with Crippen molar-refractivity contribution in [3.05, 3.63) is 59.1 Å². The molecule has 1 fully saturated rings. The number of carbonyl (C=O) groups excluding carboxylic acids is 2. The van der Waals surface area contributed by atoms with Gasteiger partial charge in [-0.2, -0.15) is 5.10 Å². The molecule has 5 heterocycles. The maximum atomic E-state index is 13.5. The molecule has 0 spiro atoms. The molecule has 0 saturated carbocycles. The molecule has 5 rings (SSSR count). The number of hydrogen-bond acceptors (Lipinski definition) is 6. The molecule has 2 unspecified atom stereocenters. The van der Waals surface area contributed by atoms with Gasteiger partial charge in [0.25, 0.3) is 5.91 Å². The Morgan fingerprint density at radius 2 is 2.14 bits per heavy atom. The summed E-state index contributed by atoms with van der Waals surface area (Å²) in [6.45, 7) is 0.397. The highest BCUT2D eigenvalue weighted by Gasteiger charge is 2.35. The standard InChI is InChI=1S/C24H24ClN7O3/c1-35-21-10-17(18(25)12-28-21)19-11-20(31-30-19)24(34)32-7-5-14(22(26)33)8-16(32)9-15-3-2-13-4-6-27-23(13)29-15/h2-4,6,10-12,14,16H,5,7-9H2,1H3,(H2,26,33)(H,27,29)(H,30,31). The average molecular weight is 494 g/mol. The molecule has 4 aromatic heterocycles. The third kappa shape index (κ3) is 4.57. The molecule has 11 heteroatoms. The molecule has 1 aliphatic rings. The van der Waals surface area contributed by atoms with Crippen molar-refractivity contribution in [2.75, 3.05) is 13.7 Å². The molecule has 4 N–H and O–H groups in total. The number of carbonyl (C=O) groups is 2. The Labute approximate surface area is 205 Å². The van der Waals surface area contributed by atoms with Crippen LogP contribution < -0.4 is 10.5 Å². The predicted octanol–water partition coefficient (Wildman–Crippen LogP) is 2.96. The van der Waals surface area contributed by atoms with Crippen molar-refractivity contribution in [2.24, 2.45) is 11.7 Å². The van der Waals surface area contributed by atoms with Crippen LogP contribution in [-0.4, -0.2) is 61.6 Å². The monoisotopic (exact) mass is 493 g/mol. The number of nitrogens with zero attached hydrogens (tertiary/aromatic N) is 4. The molecule has 2 amide bonds. The van der Waals surface area contributed by atoms with E-state index >= 15 is 0 Å². The molecule has 0 aromatic carbocycles. The first-order valence-corrected chi connectivity index (χ1v) is 11.6. The fourth-order valence-corrected chi connectivity index (χ4v) is 4.76. The fraction of sp³-hybridized carbons (Fsp3) is 0.292. The molecular weight excluding hydrogens is 470 g/mol. The van der Waals surface area contributed by atoms with E-state index in [4.69, 9.17) is 22.1 Å². The van der Waals surface area contributed by atoms with Crippen LogP contribution in [0.3, 0.4) is 0 Å². The highest BCUT2D eigenvalue weighted by molar-refractivity contribution is 6.33. The molecule has 35 heavy (non-hydrogen) atoms. The van der Waals surface area contributed by atoms with Gasteiger partial charge in [0.1, 0.15) is 5.65 Å². The summed E-state index contributed by atoms with van der Waals surface area (Å²) in [4.78, 5) is 39.1. The zero-order chi connectivity index (χ0) is 24.5. The van der Waals surface area contributed by atoms with E-state index in [2.05, 4.69) is 25.1 Å². The molecule has 180 valence electrons. The Hall–Kier alpha value is -3.92. The van der Waals surface area contributed by atoms with Crippen molar-refractivity contribution in [1.82, 2.24) is 30.0 Å². The first kappa shape index (κ1) is 22.9. The van der Waals surface area contributed by atoms with Crippen LogP contribution in [0.4, 0.5) is 0 Å². The predicted molar refractivity (Wildman–Crippen MR) is 130 cm³/mol. The van der Waals surface area contributed by atoms with E-state index in [9.17, 15) is 9.59 Å². The van der Waals surface area contributed by atoms with E-state index in [0.717, 1.165) is 16.7 Å². The number of nitrogens with two attached hydrogens (primary N) is 1. The van der Waals surface area contributed by atoms with Gasteiger partial charge in [0.15, 0.2) is 5.69 Å². The van der Waals surface area contributed by atoms with Gasteiger partial charge in [-0.1, -0.05) is 11.6 Å². The summed E-state index contributed by atoms with van der Waals surface area (Å²) in [6, 6.07) is 8.96. The lowest BCUT2D eigenvalue weighted by atomic mass is 9.87. The van der Waals surface area contributed by atoms with Crippen molar-refractivity contribution in [3.63, 3.8) is 0 Å². The Balaban J connectivity index is 1.41. The van der Waals surface area contributed by atoms with Crippen LogP contribution in [0, 0.1) is 5.92 Å². The zero-order valence-electron chi connectivity index (χ0n) is 19.0. The van der Waals surface area contributed by atoms with E-state index in [1.165, 1.54) is 13.3 Å². The quantitative estimate of drug-likeness (QED) is 0.377. The zero-order valence-corrected chi connectivity index (χ0v) is 19.7. The smallest absolute Gasteiger partial charge is 0.274 e. The van der Waals surface area contributed by atoms with Gasteiger partial charge in [-0.3, -0.25) is 14.7 Å². The van der Waals surface area contributed by atoms with E-state index in [0.29, 0.717) is 48.0 Å². The number of aromatic nitrogens is 5. The average Bonchev–Trinajstić information content (AvgIpc) is 3.53. The highest BCUT2D eigenvalue weighted by atomic mass is 35.5. The number of methoxy groups -OCH3 is 1. The van der Waals surface area contributed by atoms with Crippen LogP contribution in [0.5, 0.6) is 5.88 Å². The SMILES string of the molecule is COc1cc(-c2cc(C(=O)N3CCC(C(N)=O)CC3Cc3ccc4cc[nH]c4n3)n[nH]2)c(Cl)cn1. The number of H-pyrrole nitrogens is 2. The Morgan fingerprint density at radius 1 is 1.29 bits per heavy atom. The molecule has 10 nitrogen and oxygen atoms in total. The number of ether oxygens (including phenoxy) is 1. The van der Waals surface area contributed by atoms with Crippen LogP contribution in [0.15, 0.2) is 42.7 Å². The van der Waals surface area contributed by atoms with Crippen LogP contribution in [0.25, 0.3) is 22.3 Å². The number of primary amides is 1. The van der Waals surface area contributed by atoms with Gasteiger partial charge in [0, 0.05) is 53.8 Å². The minimum atomic E-state index is -0.349. The lowest BCUT2D eigenvalue weighted by molar-refractivity contribution is -0.123. The number of piperidine rings is 1. The van der Waals surface area contributed by atoms with Gasteiger partial charge in [-0.25, -0.2) is 9.97 Å². The highest BCUT2D eigenvalue weighted by Crippen LogP contribution is 2.31. The topological polar surface area (TPSA) is 143 Å². The van der Waals surface area contributed by atoms with Crippen molar-refractivity contribution in [1.29, 1.82) is 0 Å². The summed E-state index contributed by atoms with van der Waals surface area (Å²) in [6.07, 6.45) is 4.79. The molecule has 1 saturated heterocycles. The van der Waals surface area contributed by atoms with Crippen LogP contribution >= 0.6 is 11.6 Å². The molecular formula is C24H24ClN7O3. The number of amides is 2. The number of fused-ring (bicyclic) bond motifs is 1. The molecule has 1 aliphatic heterocycles. The minimum absolute atomic E-state index is 0.237. The second-order valence-corrected chi connectivity index (χ2v) is 8.98. The number of likely N-dealkylation sites (tertiary alicyclic amines) is 1. The molecule has 2 atom stereocenters. The largest absolute Gasteiger partial charge is 0.481 e. The third-order valence-corrected chi connectivity index (χ3v) is 6.72. The summed E-state index contributed by atoms with van der Waals surface area (Å²) in [7, 11) is 1.51. The van der Waals surface area contributed by atoms with Gasteiger partial charge in [0.05, 0.1) is 24.0 Å². The van der Waals surface area contributed by atoms with Crippen molar-refractivity contribution >= 4 is 34.4 Å². The fourth-order valence-electron chi connectivity index (χ4n) is 4.55. The van der Waals surface area contributed by atoms with Gasteiger partial charge in [0.2, 0.25) is 11.8 Å². The Bertz CT molecular complexity index is 1400. The first-order valence-electron chi connectivity index (χ1n) is 11.2. The van der Waals surface area contributed by atoms with Gasteiger partial charge in [-0.05, 0) is 37.1 Å². The number of hydrogen-bond donors (Lipinski definition) is 3. The van der Waals surface area contributed by atoms with E-state index in [1.807, 2.05) is 24.4 Å². The van der Waals surface area contributed by atoms with Crippen molar-refractivity contribution in [2.45, 2.75) is 25.3 Å². The van der Waals surface area contributed by atoms with Gasteiger partial charge >= 0.3 is 0 Å². The number of pyridine rings is 2. The van der Waals surface area contributed by atoms with Crippen molar-refractivity contribution in [3.8, 4) is 17.1 Å². The maximum absolute atomic E-state index is 13.5. The van der Waals surface area contributed by atoms with E-state index in [1.54, 1.807) is 17.0 Å². The minimum Gasteiger partial charge on any atom is -0.481 e. The van der Waals surface area contributed by atoms with Crippen LogP contribution in [-0.2, 0) is 11.2 Å². The second kappa shape index (κ2) is 9.38. The normalized spacial score (nSPS) is 18.1. The second-order valence-electron chi connectivity index (χ2n) is 8.57. The summed E-state index contributed by atoms with van der Waals surface area (Å²) < 4.78 is 5.18. The summed E-state index contributed by atoms with van der Waals surface area (Å²) in [5.41, 5.74) is 8.67.